The maximum absolute atomic E-state index is 14.4. The molecule has 3 aromatic heterocycles. The number of carboxylic acids is 1. The molecule has 0 aliphatic carbocycles. The molecule has 0 saturated heterocycles. The van der Waals surface area contributed by atoms with E-state index in [0.717, 1.165) is 11.3 Å². The number of rotatable bonds is 10. The molecule has 2 atom stereocenters. The maximum atomic E-state index is 14.4. The molecule has 0 fully saturated rings. The van der Waals surface area contributed by atoms with E-state index in [-0.39, 0.29) is 34.7 Å². The van der Waals surface area contributed by atoms with Gasteiger partial charge in [-0.1, -0.05) is 11.3 Å². The number of hydrogen-bond acceptors (Lipinski definition) is 9. The quantitative estimate of drug-likeness (QED) is 0.297. The number of ether oxygens (including phenoxy) is 2. The van der Waals surface area contributed by atoms with Crippen LogP contribution in [-0.2, 0) is 16.1 Å². The number of carbonyl (C=O) groups is 1. The first kappa shape index (κ1) is 28.1. The van der Waals surface area contributed by atoms with Crippen LogP contribution >= 0.6 is 11.3 Å². The first-order chi connectivity index (χ1) is 18.3. The number of nitrogens with zero attached hydrogens (tertiary/aromatic N) is 5. The molecule has 1 unspecified atom stereocenters. The summed E-state index contributed by atoms with van der Waals surface area (Å²) in [6, 6.07) is 2.34. The van der Waals surface area contributed by atoms with Gasteiger partial charge in [-0.25, -0.2) is 18.5 Å². The van der Waals surface area contributed by atoms with E-state index in [2.05, 4.69) is 10.2 Å². The SMILES string of the molecule is COc1ccc(F)cc1[C@H](Cn1c(=O)n(C(C)C(=O)O)c(=O)c2c(C)c(-n3nccn3)sc21)OCC(C)(C)O. The highest BCUT2D eigenvalue weighted by atomic mass is 32.1. The summed E-state index contributed by atoms with van der Waals surface area (Å²) in [6.07, 6.45) is 1.87. The smallest absolute Gasteiger partial charge is 0.333 e. The number of aromatic nitrogens is 5. The number of aliphatic carboxylic acids is 1. The zero-order chi connectivity index (χ0) is 28.6. The van der Waals surface area contributed by atoms with Gasteiger partial charge in [0.15, 0.2) is 0 Å². The lowest BCUT2D eigenvalue weighted by Crippen LogP contribution is -2.44. The number of hydrogen-bond donors (Lipinski definition) is 2. The fraction of sp³-hybridized carbons (Fsp3) is 0.400. The molecule has 208 valence electrons. The minimum atomic E-state index is -1.48. The third-order valence-corrected chi connectivity index (χ3v) is 7.37. The predicted molar refractivity (Wildman–Crippen MR) is 140 cm³/mol. The molecule has 0 saturated carbocycles. The summed E-state index contributed by atoms with van der Waals surface area (Å²) in [5.74, 6) is -1.68. The first-order valence-corrected chi connectivity index (χ1v) is 12.7. The standard InChI is InChI=1S/C25H28FN5O7S/c1-13-19-20(32)30(14(2)23(33)34)24(35)29(22(19)39-21(13)31-27-8-9-28-31)11-18(38-12-25(3,4)36)16-10-15(26)6-7-17(16)37-5/h6-10,14,18,36H,11-12H2,1-5H3,(H,33,34)/t14?,18-/m0/s1. The van der Waals surface area contributed by atoms with Crippen molar-refractivity contribution in [3.05, 3.63) is 68.4 Å². The molecule has 0 radical (unpaired) electrons. The molecule has 0 spiro atoms. The van der Waals surface area contributed by atoms with Crippen LogP contribution in [0.5, 0.6) is 5.75 Å². The second kappa shape index (κ2) is 10.7. The van der Waals surface area contributed by atoms with Gasteiger partial charge in [0, 0.05) is 11.1 Å². The fourth-order valence-corrected chi connectivity index (χ4v) is 5.36. The van der Waals surface area contributed by atoms with Gasteiger partial charge in [-0.3, -0.25) is 9.36 Å². The van der Waals surface area contributed by atoms with Gasteiger partial charge in [-0.15, -0.1) is 4.80 Å². The summed E-state index contributed by atoms with van der Waals surface area (Å²) in [5, 5.41) is 28.8. The van der Waals surface area contributed by atoms with E-state index >= 15 is 0 Å². The van der Waals surface area contributed by atoms with Crippen molar-refractivity contribution in [3.8, 4) is 10.8 Å². The van der Waals surface area contributed by atoms with E-state index in [0.29, 0.717) is 15.1 Å². The Morgan fingerprint density at radius 2 is 1.90 bits per heavy atom. The Morgan fingerprint density at radius 3 is 2.49 bits per heavy atom. The van der Waals surface area contributed by atoms with E-state index in [1.807, 2.05) is 0 Å². The van der Waals surface area contributed by atoms with E-state index in [4.69, 9.17) is 9.47 Å². The van der Waals surface area contributed by atoms with Crippen LogP contribution in [0.25, 0.3) is 15.2 Å². The number of methoxy groups -OCH3 is 1. The van der Waals surface area contributed by atoms with Crippen LogP contribution in [0.15, 0.2) is 40.2 Å². The van der Waals surface area contributed by atoms with Crippen LogP contribution in [0.3, 0.4) is 0 Å². The van der Waals surface area contributed by atoms with Gasteiger partial charge in [0.2, 0.25) is 0 Å². The molecule has 0 bridgehead atoms. The summed E-state index contributed by atoms with van der Waals surface area (Å²) < 4.78 is 27.7. The van der Waals surface area contributed by atoms with Crippen molar-refractivity contribution >= 4 is 27.5 Å². The maximum Gasteiger partial charge on any atom is 0.333 e. The summed E-state index contributed by atoms with van der Waals surface area (Å²) in [5.41, 5.74) is -2.23. The molecule has 1 aromatic carbocycles. The number of aryl methyl sites for hydroxylation is 1. The van der Waals surface area contributed by atoms with Crippen molar-refractivity contribution in [1.29, 1.82) is 0 Å². The van der Waals surface area contributed by atoms with Crippen LogP contribution in [0.1, 0.15) is 44.0 Å². The average Bonchev–Trinajstić information content (AvgIpc) is 3.51. The van der Waals surface area contributed by atoms with E-state index in [9.17, 15) is 29.0 Å². The molecule has 0 aliphatic rings. The predicted octanol–water partition coefficient (Wildman–Crippen LogP) is 2.44. The summed E-state index contributed by atoms with van der Waals surface area (Å²) in [4.78, 5) is 40.7. The number of benzene rings is 1. The van der Waals surface area contributed by atoms with Crippen LogP contribution in [0.2, 0.25) is 0 Å². The van der Waals surface area contributed by atoms with Crippen LogP contribution < -0.4 is 16.0 Å². The Labute approximate surface area is 225 Å². The fourth-order valence-electron chi connectivity index (χ4n) is 4.15. The minimum Gasteiger partial charge on any atom is -0.496 e. The average molecular weight is 562 g/mol. The van der Waals surface area contributed by atoms with Crippen molar-refractivity contribution in [2.45, 2.75) is 52.0 Å². The highest BCUT2D eigenvalue weighted by Gasteiger charge is 2.29. The molecule has 14 heteroatoms. The monoisotopic (exact) mass is 561 g/mol. The van der Waals surface area contributed by atoms with E-state index < -0.39 is 40.8 Å². The largest absolute Gasteiger partial charge is 0.496 e. The third kappa shape index (κ3) is 5.48. The van der Waals surface area contributed by atoms with Crippen molar-refractivity contribution in [1.82, 2.24) is 24.1 Å². The van der Waals surface area contributed by atoms with Gasteiger partial charge >= 0.3 is 11.7 Å². The second-order valence-electron chi connectivity index (χ2n) is 9.61. The highest BCUT2D eigenvalue weighted by molar-refractivity contribution is 7.21. The Bertz CT molecular complexity index is 1640. The van der Waals surface area contributed by atoms with Gasteiger partial charge in [-0.05, 0) is 45.9 Å². The van der Waals surface area contributed by atoms with Gasteiger partial charge in [0.25, 0.3) is 5.56 Å². The van der Waals surface area contributed by atoms with E-state index in [1.165, 1.54) is 67.8 Å². The Hall–Kier alpha value is -3.88. The van der Waals surface area contributed by atoms with Crippen molar-refractivity contribution in [2.75, 3.05) is 13.7 Å². The minimum absolute atomic E-state index is 0.118. The van der Waals surface area contributed by atoms with Crippen molar-refractivity contribution in [3.63, 3.8) is 0 Å². The molecule has 3 heterocycles. The molecule has 39 heavy (non-hydrogen) atoms. The highest BCUT2D eigenvalue weighted by Crippen LogP contribution is 2.34. The molecule has 4 aromatic rings. The van der Waals surface area contributed by atoms with E-state index in [1.54, 1.807) is 6.92 Å². The van der Waals surface area contributed by atoms with Crippen molar-refractivity contribution in [2.24, 2.45) is 0 Å². The number of thiophene rings is 1. The molecule has 0 amide bonds. The number of halogens is 1. The molecule has 12 nitrogen and oxygen atoms in total. The summed E-state index contributed by atoms with van der Waals surface area (Å²) >= 11 is 1.07. The van der Waals surface area contributed by atoms with Crippen LogP contribution in [0, 0.1) is 12.7 Å². The molecule has 0 aliphatic heterocycles. The zero-order valence-corrected chi connectivity index (χ0v) is 22.7. The van der Waals surface area contributed by atoms with Gasteiger partial charge in [0.1, 0.15) is 33.5 Å². The lowest BCUT2D eigenvalue weighted by molar-refractivity contribution is -0.140. The number of carboxylic acid groups (broad SMARTS) is 1. The summed E-state index contributed by atoms with van der Waals surface area (Å²) in [7, 11) is 1.40. The molecule has 2 N–H and O–H groups in total. The van der Waals surface area contributed by atoms with Crippen molar-refractivity contribution < 1.29 is 28.9 Å². The van der Waals surface area contributed by atoms with Crippen LogP contribution in [-0.4, -0.2) is 59.6 Å². The topological polar surface area (TPSA) is 151 Å². The Balaban J connectivity index is 2.01. The van der Waals surface area contributed by atoms with Gasteiger partial charge in [0.05, 0.1) is 43.6 Å². The Kier molecular flexibility index (Phi) is 7.73. The lowest BCUT2D eigenvalue weighted by Gasteiger charge is -2.26. The van der Waals surface area contributed by atoms with Gasteiger partial charge < -0.3 is 19.7 Å². The lowest BCUT2D eigenvalue weighted by atomic mass is 10.1. The molecular formula is C25H28FN5O7S. The Morgan fingerprint density at radius 1 is 1.23 bits per heavy atom. The van der Waals surface area contributed by atoms with Gasteiger partial charge in [-0.2, -0.15) is 10.2 Å². The molecule has 4 rings (SSSR count). The van der Waals surface area contributed by atoms with Crippen LogP contribution in [0.4, 0.5) is 4.39 Å². The number of aliphatic hydroxyl groups is 1. The summed E-state index contributed by atoms with van der Waals surface area (Å²) in [6.45, 7) is 5.49. The normalized spacial score (nSPS) is 13.5. The number of fused-ring (bicyclic) bond motifs is 1. The first-order valence-electron chi connectivity index (χ1n) is 11.9. The second-order valence-corrected chi connectivity index (χ2v) is 10.6. The molecular weight excluding hydrogens is 533 g/mol. The third-order valence-electron chi connectivity index (χ3n) is 6.09. The zero-order valence-electron chi connectivity index (χ0n) is 21.9.